The lowest BCUT2D eigenvalue weighted by molar-refractivity contribution is 0.0954. The third-order valence-corrected chi connectivity index (χ3v) is 5.85. The van der Waals surface area contributed by atoms with Crippen LogP contribution in [0.25, 0.3) is 0 Å². The number of carbonyl (C=O) groups is 1. The number of rotatable bonds is 7. The van der Waals surface area contributed by atoms with E-state index in [4.69, 9.17) is 0 Å². The molecule has 4 rings (SSSR count). The Morgan fingerprint density at radius 2 is 1.57 bits per heavy atom. The molecule has 0 aliphatic carbocycles. The van der Waals surface area contributed by atoms with Gasteiger partial charge in [-0.3, -0.25) is 4.79 Å². The van der Waals surface area contributed by atoms with E-state index in [1.165, 1.54) is 11.1 Å². The first-order valence-electron chi connectivity index (χ1n) is 10.9. The van der Waals surface area contributed by atoms with Gasteiger partial charge in [0.05, 0.1) is 5.56 Å². The van der Waals surface area contributed by atoms with Crippen molar-refractivity contribution in [1.29, 1.82) is 0 Å². The molecule has 0 saturated carbocycles. The molecule has 3 aromatic rings. The fourth-order valence-electron chi connectivity index (χ4n) is 4.18. The zero-order valence-electron chi connectivity index (χ0n) is 17.3. The van der Waals surface area contributed by atoms with Gasteiger partial charge in [-0.15, -0.1) is 0 Å². The van der Waals surface area contributed by atoms with Crippen LogP contribution in [0.15, 0.2) is 79.0 Å². The summed E-state index contributed by atoms with van der Waals surface area (Å²) in [7, 11) is 0. The maximum atomic E-state index is 12.8. The smallest absolute Gasteiger partial charge is 0.255 e. The number of nitrogens with one attached hydrogen (secondary N) is 1. The van der Waals surface area contributed by atoms with Crippen molar-refractivity contribution < 1.29 is 4.79 Å². The van der Waals surface area contributed by atoms with E-state index in [9.17, 15) is 4.79 Å². The molecule has 0 radical (unpaired) electrons. The van der Waals surface area contributed by atoms with Crippen molar-refractivity contribution in [1.82, 2.24) is 10.3 Å². The molecule has 0 bridgehead atoms. The molecule has 1 aromatic heterocycles. The lowest BCUT2D eigenvalue weighted by atomic mass is 9.90. The highest BCUT2D eigenvalue weighted by atomic mass is 16.1. The average Bonchev–Trinajstić information content (AvgIpc) is 2.81. The van der Waals surface area contributed by atoms with Crippen LogP contribution in [0.4, 0.5) is 5.82 Å². The number of hydrogen-bond donors (Lipinski definition) is 1. The van der Waals surface area contributed by atoms with Crippen LogP contribution >= 0.6 is 0 Å². The van der Waals surface area contributed by atoms with Gasteiger partial charge in [-0.05, 0) is 54.9 Å². The van der Waals surface area contributed by atoms with Gasteiger partial charge in [-0.25, -0.2) is 4.98 Å². The molecule has 4 heteroatoms. The Morgan fingerprint density at radius 1 is 0.900 bits per heavy atom. The van der Waals surface area contributed by atoms with E-state index in [0.717, 1.165) is 44.6 Å². The molecule has 1 fully saturated rings. The third kappa shape index (κ3) is 5.26. The van der Waals surface area contributed by atoms with Gasteiger partial charge in [-0.1, -0.05) is 60.7 Å². The minimum Gasteiger partial charge on any atom is -0.356 e. The second kappa shape index (κ2) is 10.1. The summed E-state index contributed by atoms with van der Waals surface area (Å²) in [4.78, 5) is 19.7. The molecule has 1 N–H and O–H groups in total. The van der Waals surface area contributed by atoms with E-state index in [0.29, 0.717) is 18.0 Å². The summed E-state index contributed by atoms with van der Waals surface area (Å²) in [5, 5.41) is 3.06. The van der Waals surface area contributed by atoms with Crippen LogP contribution in [-0.4, -0.2) is 30.5 Å². The van der Waals surface area contributed by atoms with Crippen LogP contribution in [0.3, 0.4) is 0 Å². The summed E-state index contributed by atoms with van der Waals surface area (Å²) in [5.41, 5.74) is 3.31. The van der Waals surface area contributed by atoms with Gasteiger partial charge in [0.1, 0.15) is 5.82 Å². The third-order valence-electron chi connectivity index (χ3n) is 5.85. The first kappa shape index (κ1) is 20.1. The van der Waals surface area contributed by atoms with E-state index in [-0.39, 0.29) is 5.91 Å². The van der Waals surface area contributed by atoms with Crippen molar-refractivity contribution in [2.45, 2.75) is 25.7 Å². The Balaban J connectivity index is 1.33. The quantitative estimate of drug-likeness (QED) is 0.636. The Hall–Kier alpha value is -3.14. The van der Waals surface area contributed by atoms with Gasteiger partial charge in [-0.2, -0.15) is 0 Å². The average molecular weight is 400 g/mol. The van der Waals surface area contributed by atoms with Crippen molar-refractivity contribution in [2.24, 2.45) is 5.92 Å². The number of benzene rings is 2. The van der Waals surface area contributed by atoms with Crippen molar-refractivity contribution in [3.05, 3.63) is 95.7 Å². The topological polar surface area (TPSA) is 45.2 Å². The molecule has 0 spiro atoms. The summed E-state index contributed by atoms with van der Waals surface area (Å²) in [6.07, 6.45) is 5.99. The van der Waals surface area contributed by atoms with E-state index < -0.39 is 0 Å². The van der Waals surface area contributed by atoms with Crippen LogP contribution in [-0.2, 0) is 12.8 Å². The summed E-state index contributed by atoms with van der Waals surface area (Å²) in [6.45, 7) is 2.51. The minimum atomic E-state index is -0.0413. The second-order valence-electron chi connectivity index (χ2n) is 7.99. The molecule has 1 aliphatic rings. The largest absolute Gasteiger partial charge is 0.356 e. The molecule has 30 heavy (non-hydrogen) atoms. The standard InChI is InChI=1S/C26H29N3O/c30-26(28-17-13-21-8-3-1-4-9-21)24-12-7-16-27-25(24)29-18-14-23(15-19-29)20-22-10-5-2-6-11-22/h1-12,16,23H,13-15,17-20H2,(H,28,30). The predicted octanol–water partition coefficient (Wildman–Crippen LogP) is 4.51. The van der Waals surface area contributed by atoms with Crippen LogP contribution in [0.1, 0.15) is 34.3 Å². The van der Waals surface area contributed by atoms with Crippen LogP contribution < -0.4 is 10.2 Å². The summed E-state index contributed by atoms with van der Waals surface area (Å²) in [6, 6.07) is 24.7. The number of amides is 1. The van der Waals surface area contributed by atoms with Crippen molar-refractivity contribution in [3.8, 4) is 0 Å². The molecule has 4 nitrogen and oxygen atoms in total. The van der Waals surface area contributed by atoms with Crippen LogP contribution in [0.2, 0.25) is 0 Å². The van der Waals surface area contributed by atoms with E-state index in [1.807, 2.05) is 30.3 Å². The lowest BCUT2D eigenvalue weighted by Crippen LogP contribution is -2.37. The summed E-state index contributed by atoms with van der Waals surface area (Å²) in [5.74, 6) is 1.46. The molecular formula is C26H29N3O. The Kier molecular flexibility index (Phi) is 6.75. The molecule has 2 heterocycles. The number of piperidine rings is 1. The van der Waals surface area contributed by atoms with E-state index in [1.54, 1.807) is 6.20 Å². The second-order valence-corrected chi connectivity index (χ2v) is 7.99. The highest BCUT2D eigenvalue weighted by Crippen LogP contribution is 2.26. The minimum absolute atomic E-state index is 0.0413. The fraction of sp³-hybridized carbons (Fsp3) is 0.308. The molecule has 1 aliphatic heterocycles. The highest BCUT2D eigenvalue weighted by molar-refractivity contribution is 5.98. The molecular weight excluding hydrogens is 370 g/mol. The maximum absolute atomic E-state index is 12.8. The Labute approximate surface area is 179 Å². The molecule has 2 aromatic carbocycles. The first-order valence-corrected chi connectivity index (χ1v) is 10.9. The number of hydrogen-bond acceptors (Lipinski definition) is 3. The molecule has 0 atom stereocenters. The monoisotopic (exact) mass is 399 g/mol. The number of nitrogens with zero attached hydrogens (tertiary/aromatic N) is 2. The first-order chi connectivity index (χ1) is 14.8. The molecule has 1 amide bonds. The normalized spacial score (nSPS) is 14.5. The van der Waals surface area contributed by atoms with Crippen molar-refractivity contribution in [2.75, 3.05) is 24.5 Å². The van der Waals surface area contributed by atoms with Crippen molar-refractivity contribution in [3.63, 3.8) is 0 Å². The lowest BCUT2D eigenvalue weighted by Gasteiger charge is -2.33. The molecule has 1 saturated heterocycles. The number of aromatic nitrogens is 1. The van der Waals surface area contributed by atoms with Gasteiger partial charge < -0.3 is 10.2 Å². The summed E-state index contributed by atoms with van der Waals surface area (Å²) < 4.78 is 0. The van der Waals surface area contributed by atoms with Gasteiger partial charge >= 0.3 is 0 Å². The van der Waals surface area contributed by atoms with Gasteiger partial charge in [0.25, 0.3) is 5.91 Å². The van der Waals surface area contributed by atoms with Gasteiger partial charge in [0, 0.05) is 25.8 Å². The Bertz CT molecular complexity index is 935. The van der Waals surface area contributed by atoms with Gasteiger partial charge in [0.15, 0.2) is 0 Å². The number of pyridine rings is 1. The highest BCUT2D eigenvalue weighted by Gasteiger charge is 2.23. The van der Waals surface area contributed by atoms with Crippen molar-refractivity contribution >= 4 is 11.7 Å². The Morgan fingerprint density at radius 3 is 2.27 bits per heavy atom. The van der Waals surface area contributed by atoms with Gasteiger partial charge in [0.2, 0.25) is 0 Å². The number of anilines is 1. The molecule has 0 unspecified atom stereocenters. The zero-order chi connectivity index (χ0) is 20.6. The zero-order valence-corrected chi connectivity index (χ0v) is 17.3. The maximum Gasteiger partial charge on any atom is 0.255 e. The van der Waals surface area contributed by atoms with Crippen LogP contribution in [0, 0.1) is 5.92 Å². The molecule has 154 valence electrons. The van der Waals surface area contributed by atoms with E-state index >= 15 is 0 Å². The SMILES string of the molecule is O=C(NCCc1ccccc1)c1cccnc1N1CCC(Cc2ccccc2)CC1. The van der Waals surface area contributed by atoms with E-state index in [2.05, 4.69) is 57.7 Å². The fourth-order valence-corrected chi connectivity index (χ4v) is 4.18. The summed E-state index contributed by atoms with van der Waals surface area (Å²) >= 11 is 0. The predicted molar refractivity (Wildman–Crippen MR) is 122 cm³/mol. The number of carbonyl (C=O) groups excluding carboxylic acids is 1. The van der Waals surface area contributed by atoms with Crippen LogP contribution in [0.5, 0.6) is 0 Å².